The molecule has 4 rings (SSSR count). The monoisotopic (exact) mass is 591 g/mol. The van der Waals surface area contributed by atoms with Crippen LogP contribution in [0.2, 0.25) is 0 Å². The number of piperidine rings is 1. The first-order valence-electron chi connectivity index (χ1n) is 12.6. The Morgan fingerprint density at radius 1 is 1.21 bits per heavy atom. The molecule has 2 aliphatic heterocycles. The first-order chi connectivity index (χ1) is 17.9. The van der Waals surface area contributed by atoms with Gasteiger partial charge in [0.15, 0.2) is 0 Å². The number of nitrogens with zero attached hydrogens (tertiary/aromatic N) is 2. The molecule has 38 heavy (non-hydrogen) atoms. The number of hydrogen-bond acceptors (Lipinski definition) is 7. The van der Waals surface area contributed by atoms with E-state index in [1.165, 1.54) is 11.8 Å². The van der Waals surface area contributed by atoms with E-state index in [4.69, 9.17) is 9.47 Å². The van der Waals surface area contributed by atoms with Gasteiger partial charge in [-0.1, -0.05) is 18.2 Å². The van der Waals surface area contributed by atoms with Crippen LogP contribution in [0, 0.1) is 5.41 Å². The molecule has 0 unspecified atom stereocenters. The van der Waals surface area contributed by atoms with Gasteiger partial charge in [-0.3, -0.25) is 19.3 Å². The highest BCUT2D eigenvalue weighted by atomic mass is 79.9. The number of amides is 4. The summed E-state index contributed by atoms with van der Waals surface area (Å²) in [5.41, 5.74) is -0.528. The Hall–Kier alpha value is -2.99. The van der Waals surface area contributed by atoms with Crippen LogP contribution in [0.1, 0.15) is 52.5 Å². The minimum atomic E-state index is -0.807. The van der Waals surface area contributed by atoms with E-state index in [1.54, 1.807) is 45.1 Å². The fourth-order valence-electron chi connectivity index (χ4n) is 4.98. The summed E-state index contributed by atoms with van der Waals surface area (Å²) < 4.78 is 11.9. The molecular weight excluding hydrogens is 558 g/mol. The summed E-state index contributed by atoms with van der Waals surface area (Å²) in [6.45, 7) is 7.39. The highest BCUT2D eigenvalue weighted by Gasteiger charge is 2.68. The first-order valence-corrected chi connectivity index (χ1v) is 13.4. The number of aromatic nitrogens is 1. The van der Waals surface area contributed by atoms with Crippen molar-refractivity contribution in [1.29, 1.82) is 0 Å². The predicted octanol–water partition coefficient (Wildman–Crippen LogP) is 2.65. The zero-order valence-electron chi connectivity index (χ0n) is 22.0. The molecule has 1 saturated heterocycles. The molecule has 12 heteroatoms. The van der Waals surface area contributed by atoms with Crippen LogP contribution in [0.5, 0.6) is 0 Å². The van der Waals surface area contributed by atoms with Crippen LogP contribution in [-0.4, -0.2) is 70.6 Å². The SMILES string of the molecule is CC(=O)N[C@H]1CC=CCOCc2ccc(Br)nc2NC(=O)[C@@H]2C[C@@]3(CNC1=O)C[C@H]3N2C(=O)OC(C)(C)C. The molecule has 3 aliphatic rings. The van der Waals surface area contributed by atoms with Gasteiger partial charge in [0, 0.05) is 30.5 Å². The van der Waals surface area contributed by atoms with Crippen LogP contribution in [0.4, 0.5) is 10.6 Å². The number of anilines is 1. The molecule has 0 aromatic carbocycles. The van der Waals surface area contributed by atoms with Crippen molar-refractivity contribution in [2.45, 2.75) is 77.3 Å². The van der Waals surface area contributed by atoms with E-state index >= 15 is 0 Å². The van der Waals surface area contributed by atoms with Gasteiger partial charge in [0.25, 0.3) is 0 Å². The van der Waals surface area contributed by atoms with Gasteiger partial charge in [0.1, 0.15) is 28.1 Å². The fraction of sp³-hybridized carbons (Fsp3) is 0.577. The van der Waals surface area contributed by atoms with Gasteiger partial charge in [-0.15, -0.1) is 0 Å². The van der Waals surface area contributed by atoms with Gasteiger partial charge in [0.2, 0.25) is 17.7 Å². The minimum Gasteiger partial charge on any atom is -0.444 e. The maximum absolute atomic E-state index is 13.6. The first kappa shape index (κ1) is 28.0. The average molecular weight is 592 g/mol. The minimum absolute atomic E-state index is 0.183. The highest BCUT2D eigenvalue weighted by Crippen LogP contribution is 2.59. The smallest absolute Gasteiger partial charge is 0.411 e. The lowest BCUT2D eigenvalue weighted by molar-refractivity contribution is -0.128. The molecular formula is C26H34BrN5O6. The predicted molar refractivity (Wildman–Crippen MR) is 142 cm³/mol. The summed E-state index contributed by atoms with van der Waals surface area (Å²) >= 11 is 3.35. The third-order valence-corrected chi connectivity index (χ3v) is 7.27. The van der Waals surface area contributed by atoms with Crippen LogP contribution in [0.25, 0.3) is 0 Å². The number of carbonyl (C=O) groups excluding carboxylic acids is 4. The lowest BCUT2D eigenvalue weighted by Gasteiger charge is -2.29. The largest absolute Gasteiger partial charge is 0.444 e. The van der Waals surface area contributed by atoms with Gasteiger partial charge in [-0.25, -0.2) is 9.78 Å². The quantitative estimate of drug-likeness (QED) is 0.337. The third kappa shape index (κ3) is 6.52. The topological polar surface area (TPSA) is 139 Å². The summed E-state index contributed by atoms with van der Waals surface area (Å²) in [5, 5.41) is 8.51. The molecule has 4 atom stereocenters. The molecule has 3 N–H and O–H groups in total. The summed E-state index contributed by atoms with van der Waals surface area (Å²) in [6.07, 6.45) is 4.27. The Kier molecular flexibility index (Phi) is 8.12. The molecule has 0 radical (unpaired) electrons. The van der Waals surface area contributed by atoms with Crippen molar-refractivity contribution in [1.82, 2.24) is 20.5 Å². The third-order valence-electron chi connectivity index (χ3n) is 6.83. The van der Waals surface area contributed by atoms with E-state index in [2.05, 4.69) is 36.9 Å². The van der Waals surface area contributed by atoms with Crippen LogP contribution in [0.15, 0.2) is 28.9 Å². The average Bonchev–Trinajstić information content (AvgIpc) is 3.41. The fourth-order valence-corrected chi connectivity index (χ4v) is 5.29. The van der Waals surface area contributed by atoms with Gasteiger partial charge < -0.3 is 25.4 Å². The number of rotatable bonds is 1. The number of nitrogens with one attached hydrogen (secondary N) is 3. The zero-order chi connectivity index (χ0) is 27.7. The summed E-state index contributed by atoms with van der Waals surface area (Å²) in [6, 6.07) is 1.74. The van der Waals surface area contributed by atoms with Gasteiger partial charge in [0.05, 0.1) is 13.2 Å². The second-order valence-corrected chi connectivity index (χ2v) is 11.8. The molecule has 11 nitrogen and oxygen atoms in total. The Labute approximate surface area is 230 Å². The second-order valence-electron chi connectivity index (χ2n) is 11.0. The Bertz CT molecular complexity index is 1150. The van der Waals surface area contributed by atoms with Crippen LogP contribution < -0.4 is 16.0 Å². The molecule has 1 aromatic heterocycles. The number of fused-ring (bicyclic) bond motifs is 2. The molecule has 2 bridgehead atoms. The lowest BCUT2D eigenvalue weighted by Crippen LogP contribution is -2.47. The molecule has 206 valence electrons. The maximum atomic E-state index is 13.6. The molecule has 4 amide bonds. The summed E-state index contributed by atoms with van der Waals surface area (Å²) in [4.78, 5) is 57.4. The van der Waals surface area contributed by atoms with E-state index in [0.29, 0.717) is 35.2 Å². The number of carbonyl (C=O) groups is 4. The van der Waals surface area contributed by atoms with Crippen LogP contribution in [0.3, 0.4) is 0 Å². The number of ether oxygens (including phenoxy) is 2. The molecule has 2 fully saturated rings. The highest BCUT2D eigenvalue weighted by molar-refractivity contribution is 9.10. The van der Waals surface area contributed by atoms with Crippen molar-refractivity contribution in [2.24, 2.45) is 5.41 Å². The van der Waals surface area contributed by atoms with Crippen molar-refractivity contribution in [2.75, 3.05) is 18.5 Å². The van der Waals surface area contributed by atoms with Gasteiger partial charge in [-0.2, -0.15) is 0 Å². The molecule has 1 saturated carbocycles. The van der Waals surface area contributed by atoms with Crippen molar-refractivity contribution in [3.8, 4) is 0 Å². The van der Waals surface area contributed by atoms with Crippen molar-refractivity contribution in [3.63, 3.8) is 0 Å². The second kappa shape index (κ2) is 11.0. The maximum Gasteiger partial charge on any atom is 0.411 e. The van der Waals surface area contributed by atoms with Crippen LogP contribution >= 0.6 is 15.9 Å². The van der Waals surface area contributed by atoms with E-state index in [0.717, 1.165) is 0 Å². The van der Waals surface area contributed by atoms with E-state index < -0.39 is 29.2 Å². The molecule has 1 aliphatic carbocycles. The zero-order valence-corrected chi connectivity index (χ0v) is 23.6. The summed E-state index contributed by atoms with van der Waals surface area (Å²) in [5.74, 6) is -0.684. The Morgan fingerprint density at radius 3 is 2.68 bits per heavy atom. The van der Waals surface area contributed by atoms with Crippen molar-refractivity contribution in [3.05, 3.63) is 34.5 Å². The lowest BCUT2D eigenvalue weighted by atomic mass is 9.98. The molecule has 1 aromatic rings. The van der Waals surface area contributed by atoms with Crippen molar-refractivity contribution >= 4 is 45.6 Å². The Balaban J connectivity index is 1.64. The van der Waals surface area contributed by atoms with Crippen molar-refractivity contribution < 1.29 is 28.7 Å². The van der Waals surface area contributed by atoms with E-state index in [1.807, 2.05) is 0 Å². The van der Waals surface area contributed by atoms with Crippen LogP contribution in [-0.2, 0) is 30.5 Å². The molecule has 1 spiro atoms. The normalized spacial score (nSPS) is 27.8. The Morgan fingerprint density at radius 2 is 1.97 bits per heavy atom. The van der Waals surface area contributed by atoms with E-state index in [9.17, 15) is 19.2 Å². The summed E-state index contributed by atoms with van der Waals surface area (Å²) in [7, 11) is 0. The number of halogens is 1. The molecule has 3 heterocycles. The van der Waals surface area contributed by atoms with Gasteiger partial charge in [-0.05, 0) is 62.0 Å². The number of pyridine rings is 1. The number of likely N-dealkylation sites (tertiary alicyclic amines) is 1. The number of hydrogen-bond donors (Lipinski definition) is 3. The standard InChI is InChI=1S/C26H34BrN5O6/c1-15(33)29-17-7-5-6-10-37-13-16-8-9-20(27)30-21(16)31-23(35)18-11-26(14-28-22(17)34)12-19(26)32(18)24(36)38-25(2,3)4/h5-6,8-9,17-19H,7,10-14H2,1-4H3,(H,28,34)(H,29,33)(H,30,31,35)/t17-,18-,19+,26-/m0/s1. The van der Waals surface area contributed by atoms with Gasteiger partial charge >= 0.3 is 6.09 Å². The van der Waals surface area contributed by atoms with E-state index in [-0.39, 0.29) is 43.5 Å².